The molecular weight excluding hydrogens is 284 g/mol. The van der Waals surface area contributed by atoms with E-state index in [1.54, 1.807) is 12.5 Å². The van der Waals surface area contributed by atoms with Crippen LogP contribution in [0.25, 0.3) is 10.9 Å². The maximum Gasteiger partial charge on any atom is 0.109 e. The molecule has 0 saturated heterocycles. The predicted octanol–water partition coefficient (Wildman–Crippen LogP) is 4.97. The van der Waals surface area contributed by atoms with Crippen molar-refractivity contribution in [1.29, 1.82) is 0 Å². The molecular formula is C17H15ClN2O. The molecule has 0 aliphatic heterocycles. The van der Waals surface area contributed by atoms with E-state index in [4.69, 9.17) is 16.0 Å². The summed E-state index contributed by atoms with van der Waals surface area (Å²) in [5, 5.41) is 5.37. The minimum Gasteiger partial charge on any atom is -0.469 e. The van der Waals surface area contributed by atoms with Gasteiger partial charge in [0.25, 0.3) is 0 Å². The molecule has 1 unspecified atom stereocenters. The first-order valence-electron chi connectivity index (χ1n) is 7.19. The maximum atomic E-state index is 6.23. The maximum absolute atomic E-state index is 6.23. The van der Waals surface area contributed by atoms with Gasteiger partial charge in [0.1, 0.15) is 5.76 Å². The fourth-order valence-corrected chi connectivity index (χ4v) is 3.30. The summed E-state index contributed by atoms with van der Waals surface area (Å²) in [6.45, 7) is 0. The molecule has 0 bridgehead atoms. The smallest absolute Gasteiger partial charge is 0.109 e. The van der Waals surface area contributed by atoms with Gasteiger partial charge in [-0.3, -0.25) is 4.98 Å². The van der Waals surface area contributed by atoms with Gasteiger partial charge in [-0.2, -0.15) is 0 Å². The normalized spacial score (nSPS) is 17.7. The number of anilines is 1. The quantitative estimate of drug-likeness (QED) is 0.726. The van der Waals surface area contributed by atoms with E-state index in [2.05, 4.69) is 22.4 Å². The summed E-state index contributed by atoms with van der Waals surface area (Å²) in [5.74, 6) is 1.11. The molecule has 0 amide bonds. The van der Waals surface area contributed by atoms with Crippen LogP contribution in [0.3, 0.4) is 0 Å². The molecule has 2 heterocycles. The van der Waals surface area contributed by atoms with Gasteiger partial charge in [0.2, 0.25) is 0 Å². The number of aryl methyl sites for hydroxylation is 1. The Morgan fingerprint density at radius 3 is 3.14 bits per heavy atom. The van der Waals surface area contributed by atoms with E-state index < -0.39 is 0 Å². The Bertz CT molecular complexity index is 796. The Labute approximate surface area is 127 Å². The van der Waals surface area contributed by atoms with Crippen molar-refractivity contribution < 1.29 is 4.42 Å². The number of furan rings is 1. The molecule has 106 valence electrons. The highest BCUT2D eigenvalue weighted by Crippen LogP contribution is 2.36. The summed E-state index contributed by atoms with van der Waals surface area (Å²) < 4.78 is 5.56. The minimum absolute atomic E-state index is 0.289. The van der Waals surface area contributed by atoms with E-state index in [9.17, 15) is 0 Å². The van der Waals surface area contributed by atoms with Crippen molar-refractivity contribution in [3.05, 3.63) is 59.1 Å². The van der Waals surface area contributed by atoms with Crippen LogP contribution < -0.4 is 5.32 Å². The van der Waals surface area contributed by atoms with Gasteiger partial charge in [0, 0.05) is 29.3 Å². The summed E-state index contributed by atoms with van der Waals surface area (Å²) >= 11 is 6.23. The van der Waals surface area contributed by atoms with Gasteiger partial charge in [-0.05, 0) is 43.2 Å². The molecule has 3 nitrogen and oxygen atoms in total. The van der Waals surface area contributed by atoms with E-state index in [1.165, 1.54) is 5.56 Å². The van der Waals surface area contributed by atoms with Crippen molar-refractivity contribution in [2.45, 2.75) is 25.3 Å². The largest absolute Gasteiger partial charge is 0.469 e. The number of aromatic nitrogens is 1. The number of hydrogen-bond donors (Lipinski definition) is 1. The first-order valence-corrected chi connectivity index (χ1v) is 7.57. The summed E-state index contributed by atoms with van der Waals surface area (Å²) in [4.78, 5) is 4.38. The molecule has 4 rings (SSSR count). The van der Waals surface area contributed by atoms with E-state index in [1.807, 2.05) is 18.2 Å². The zero-order chi connectivity index (χ0) is 14.2. The predicted molar refractivity (Wildman–Crippen MR) is 84.8 cm³/mol. The van der Waals surface area contributed by atoms with Crippen LogP contribution in [0.15, 0.2) is 47.2 Å². The Hall–Kier alpha value is -2.00. The van der Waals surface area contributed by atoms with Gasteiger partial charge in [-0.25, -0.2) is 0 Å². The van der Waals surface area contributed by atoms with E-state index in [0.29, 0.717) is 5.02 Å². The van der Waals surface area contributed by atoms with Crippen LogP contribution in [0, 0.1) is 0 Å². The average Bonchev–Trinajstić information content (AvgIpc) is 3.00. The number of hydrogen-bond acceptors (Lipinski definition) is 3. The van der Waals surface area contributed by atoms with Crippen molar-refractivity contribution in [3.8, 4) is 0 Å². The molecule has 0 saturated carbocycles. The van der Waals surface area contributed by atoms with Gasteiger partial charge < -0.3 is 9.73 Å². The fraction of sp³-hybridized carbons (Fsp3) is 0.235. The Morgan fingerprint density at radius 2 is 2.19 bits per heavy atom. The molecule has 1 N–H and O–H groups in total. The topological polar surface area (TPSA) is 38.1 Å². The number of halogens is 1. The third-order valence-electron chi connectivity index (χ3n) is 4.10. The highest BCUT2D eigenvalue weighted by Gasteiger charge is 2.23. The number of nitrogens with zero attached hydrogens (tertiary/aromatic N) is 1. The van der Waals surface area contributed by atoms with Gasteiger partial charge in [-0.1, -0.05) is 11.6 Å². The molecule has 1 aliphatic carbocycles. The molecule has 0 radical (unpaired) electrons. The van der Waals surface area contributed by atoms with Crippen LogP contribution in [0.5, 0.6) is 0 Å². The fourth-order valence-electron chi connectivity index (χ4n) is 3.09. The molecule has 2 aromatic heterocycles. The first-order chi connectivity index (χ1) is 10.3. The SMILES string of the molecule is Clc1ccc(NC2CCCc3occc32)c2cccnc12. The van der Waals surface area contributed by atoms with E-state index >= 15 is 0 Å². The zero-order valence-corrected chi connectivity index (χ0v) is 12.2. The van der Waals surface area contributed by atoms with Crippen LogP contribution in [0.4, 0.5) is 5.69 Å². The van der Waals surface area contributed by atoms with Crippen LogP contribution >= 0.6 is 11.6 Å². The lowest BCUT2D eigenvalue weighted by atomic mass is 9.93. The lowest BCUT2D eigenvalue weighted by molar-refractivity contribution is 0.461. The third kappa shape index (κ3) is 2.18. The van der Waals surface area contributed by atoms with Crippen LogP contribution in [0.1, 0.15) is 30.2 Å². The summed E-state index contributed by atoms with van der Waals surface area (Å²) in [6.07, 6.45) is 6.83. The van der Waals surface area contributed by atoms with Crippen molar-refractivity contribution in [2.75, 3.05) is 5.32 Å². The van der Waals surface area contributed by atoms with Crippen LogP contribution in [-0.4, -0.2) is 4.98 Å². The Morgan fingerprint density at radius 1 is 1.24 bits per heavy atom. The van der Waals surface area contributed by atoms with Gasteiger partial charge in [-0.15, -0.1) is 0 Å². The molecule has 3 aromatic rings. The molecule has 0 spiro atoms. The molecule has 1 aliphatic rings. The summed E-state index contributed by atoms with van der Waals surface area (Å²) in [7, 11) is 0. The number of rotatable bonds is 2. The first kappa shape index (κ1) is 12.7. The molecule has 1 aromatic carbocycles. The highest BCUT2D eigenvalue weighted by atomic mass is 35.5. The van der Waals surface area contributed by atoms with Crippen molar-refractivity contribution in [1.82, 2.24) is 4.98 Å². The molecule has 0 fully saturated rings. The summed E-state index contributed by atoms with van der Waals surface area (Å²) in [6, 6.07) is 10.3. The lowest BCUT2D eigenvalue weighted by Crippen LogP contribution is -2.16. The third-order valence-corrected chi connectivity index (χ3v) is 4.41. The molecule has 21 heavy (non-hydrogen) atoms. The Balaban J connectivity index is 1.75. The number of fused-ring (bicyclic) bond motifs is 2. The van der Waals surface area contributed by atoms with Crippen molar-refractivity contribution in [3.63, 3.8) is 0 Å². The number of pyridine rings is 1. The van der Waals surface area contributed by atoms with Gasteiger partial charge in [0.05, 0.1) is 22.8 Å². The van der Waals surface area contributed by atoms with Crippen molar-refractivity contribution >= 4 is 28.2 Å². The van der Waals surface area contributed by atoms with Gasteiger partial charge >= 0.3 is 0 Å². The van der Waals surface area contributed by atoms with E-state index in [0.717, 1.165) is 41.6 Å². The standard InChI is InChI=1S/C17H15ClN2O/c18-13-6-7-15(12-3-2-9-19-17(12)13)20-14-4-1-5-16-11(14)8-10-21-16/h2-3,6-10,14,20H,1,4-5H2. The molecule has 1 atom stereocenters. The van der Waals surface area contributed by atoms with E-state index in [-0.39, 0.29) is 6.04 Å². The minimum atomic E-state index is 0.289. The monoisotopic (exact) mass is 298 g/mol. The second kappa shape index (κ2) is 5.08. The zero-order valence-electron chi connectivity index (χ0n) is 11.5. The molecule has 4 heteroatoms. The van der Waals surface area contributed by atoms with Gasteiger partial charge in [0.15, 0.2) is 0 Å². The van der Waals surface area contributed by atoms with Crippen molar-refractivity contribution in [2.24, 2.45) is 0 Å². The van der Waals surface area contributed by atoms with Crippen LogP contribution in [-0.2, 0) is 6.42 Å². The second-order valence-electron chi connectivity index (χ2n) is 5.38. The number of benzene rings is 1. The second-order valence-corrected chi connectivity index (χ2v) is 5.79. The Kier molecular flexibility index (Phi) is 3.08. The van der Waals surface area contributed by atoms with Crippen LogP contribution in [0.2, 0.25) is 5.02 Å². The summed E-state index contributed by atoms with van der Waals surface area (Å²) in [5.41, 5.74) is 3.18. The highest BCUT2D eigenvalue weighted by molar-refractivity contribution is 6.35. The lowest BCUT2D eigenvalue weighted by Gasteiger charge is -2.24. The number of nitrogens with one attached hydrogen (secondary N) is 1. The average molecular weight is 299 g/mol.